The van der Waals surface area contributed by atoms with E-state index in [2.05, 4.69) is 4.74 Å². The summed E-state index contributed by atoms with van der Waals surface area (Å²) in [7, 11) is 1.32. The van der Waals surface area contributed by atoms with Gasteiger partial charge in [0.25, 0.3) is 5.56 Å². The Hall–Kier alpha value is -2.89. The molecule has 0 bridgehead atoms. The third-order valence-electron chi connectivity index (χ3n) is 3.37. The van der Waals surface area contributed by atoms with Crippen LogP contribution in [0.1, 0.15) is 47.1 Å². The topological polar surface area (TPSA) is 74.6 Å². The van der Waals surface area contributed by atoms with E-state index in [4.69, 9.17) is 4.74 Å². The monoisotopic (exact) mass is 343 g/mol. The van der Waals surface area contributed by atoms with Crippen LogP contribution < -0.4 is 5.56 Å². The molecule has 0 spiro atoms. The summed E-state index contributed by atoms with van der Waals surface area (Å²) in [6, 6.07) is 9.81. The largest absolute Gasteiger partial charge is 0.465 e. The van der Waals surface area contributed by atoms with Crippen molar-refractivity contribution >= 4 is 11.9 Å². The molecular formula is C19H21NO5. The van der Waals surface area contributed by atoms with Gasteiger partial charge in [-0.05, 0) is 50.6 Å². The lowest BCUT2D eigenvalue weighted by atomic mass is 10.1. The summed E-state index contributed by atoms with van der Waals surface area (Å²) in [6.45, 7) is 5.51. The van der Waals surface area contributed by atoms with Gasteiger partial charge in [0.2, 0.25) is 0 Å². The van der Waals surface area contributed by atoms with E-state index in [1.54, 1.807) is 57.3 Å². The molecule has 25 heavy (non-hydrogen) atoms. The van der Waals surface area contributed by atoms with Crippen molar-refractivity contribution in [3.8, 4) is 0 Å². The number of aromatic nitrogens is 1. The Bertz CT molecular complexity index is 828. The normalized spacial score (nSPS) is 11.0. The van der Waals surface area contributed by atoms with Gasteiger partial charge in [-0.1, -0.05) is 12.1 Å². The number of nitrogens with zero attached hydrogens (tertiary/aromatic N) is 1. The first kappa shape index (κ1) is 18.4. The molecule has 0 aliphatic rings. The summed E-state index contributed by atoms with van der Waals surface area (Å²) < 4.78 is 11.3. The van der Waals surface area contributed by atoms with Crippen molar-refractivity contribution in [1.29, 1.82) is 0 Å². The average Bonchev–Trinajstić information content (AvgIpc) is 2.55. The first-order chi connectivity index (χ1) is 11.7. The van der Waals surface area contributed by atoms with Gasteiger partial charge in [0.1, 0.15) is 11.2 Å². The summed E-state index contributed by atoms with van der Waals surface area (Å²) in [6.07, 6.45) is 1.60. The number of methoxy groups -OCH3 is 1. The van der Waals surface area contributed by atoms with Gasteiger partial charge in [-0.25, -0.2) is 9.59 Å². The molecule has 0 amide bonds. The third-order valence-corrected chi connectivity index (χ3v) is 3.37. The number of rotatable bonds is 4. The van der Waals surface area contributed by atoms with Crippen LogP contribution in [0.15, 0.2) is 47.4 Å². The zero-order valence-corrected chi connectivity index (χ0v) is 14.7. The molecule has 1 aromatic carbocycles. The molecule has 0 unspecified atom stereocenters. The van der Waals surface area contributed by atoms with E-state index in [0.29, 0.717) is 5.56 Å². The average molecular weight is 343 g/mol. The SMILES string of the molecule is COC(=O)c1ccc(Cn2cccc(C(=O)OC(C)(C)C)c2=O)cc1. The molecule has 0 aliphatic heterocycles. The molecule has 0 N–H and O–H groups in total. The van der Waals surface area contributed by atoms with Crippen molar-refractivity contribution < 1.29 is 19.1 Å². The summed E-state index contributed by atoms with van der Waals surface area (Å²) in [5.74, 6) is -1.07. The van der Waals surface area contributed by atoms with Gasteiger partial charge < -0.3 is 14.0 Å². The zero-order chi connectivity index (χ0) is 18.6. The Kier molecular flexibility index (Phi) is 5.41. The van der Waals surface area contributed by atoms with Gasteiger partial charge in [-0.15, -0.1) is 0 Å². The second-order valence-corrected chi connectivity index (χ2v) is 6.55. The van der Waals surface area contributed by atoms with Crippen LogP contribution in [-0.2, 0) is 16.0 Å². The predicted octanol–water partition coefficient (Wildman–Crippen LogP) is 2.64. The lowest BCUT2D eigenvalue weighted by molar-refractivity contribution is 0.00666. The minimum Gasteiger partial charge on any atom is -0.465 e. The fraction of sp³-hybridized carbons (Fsp3) is 0.316. The van der Waals surface area contributed by atoms with E-state index in [1.807, 2.05) is 0 Å². The number of carbonyl (C=O) groups excluding carboxylic acids is 2. The molecule has 0 radical (unpaired) electrons. The van der Waals surface area contributed by atoms with Gasteiger partial charge in [-0.2, -0.15) is 0 Å². The zero-order valence-electron chi connectivity index (χ0n) is 14.7. The molecule has 0 atom stereocenters. The van der Waals surface area contributed by atoms with Crippen molar-refractivity contribution in [2.24, 2.45) is 0 Å². The molecule has 132 valence electrons. The second-order valence-electron chi connectivity index (χ2n) is 6.55. The summed E-state index contributed by atoms with van der Waals surface area (Å²) in [4.78, 5) is 36.1. The van der Waals surface area contributed by atoms with Crippen molar-refractivity contribution in [2.45, 2.75) is 32.9 Å². The van der Waals surface area contributed by atoms with Crippen LogP contribution in [0.5, 0.6) is 0 Å². The molecule has 6 nitrogen and oxygen atoms in total. The van der Waals surface area contributed by atoms with E-state index in [9.17, 15) is 14.4 Å². The minimum absolute atomic E-state index is 0.0106. The van der Waals surface area contributed by atoms with Gasteiger partial charge in [0, 0.05) is 6.20 Å². The third kappa shape index (κ3) is 4.79. The Balaban J connectivity index is 2.24. The molecule has 2 rings (SSSR count). The van der Waals surface area contributed by atoms with Crippen molar-refractivity contribution in [1.82, 2.24) is 4.57 Å². The van der Waals surface area contributed by atoms with Gasteiger partial charge >= 0.3 is 11.9 Å². The van der Waals surface area contributed by atoms with Crippen LogP contribution >= 0.6 is 0 Å². The summed E-state index contributed by atoms with van der Waals surface area (Å²) >= 11 is 0. The number of carbonyl (C=O) groups is 2. The van der Waals surface area contributed by atoms with E-state index < -0.39 is 23.1 Å². The van der Waals surface area contributed by atoms with Gasteiger partial charge in [-0.3, -0.25) is 4.79 Å². The first-order valence-electron chi connectivity index (χ1n) is 7.81. The Morgan fingerprint density at radius 2 is 1.68 bits per heavy atom. The van der Waals surface area contributed by atoms with E-state index in [0.717, 1.165) is 5.56 Å². The fourth-order valence-corrected chi connectivity index (χ4v) is 2.21. The van der Waals surface area contributed by atoms with Crippen LogP contribution in [0, 0.1) is 0 Å². The highest BCUT2D eigenvalue weighted by Gasteiger charge is 2.20. The first-order valence-corrected chi connectivity index (χ1v) is 7.81. The molecule has 0 saturated carbocycles. The quantitative estimate of drug-likeness (QED) is 0.798. The van der Waals surface area contributed by atoms with E-state index in [-0.39, 0.29) is 12.1 Å². The highest BCUT2D eigenvalue weighted by molar-refractivity contribution is 5.89. The van der Waals surface area contributed by atoms with Gasteiger partial charge in [0.15, 0.2) is 0 Å². The van der Waals surface area contributed by atoms with Crippen LogP contribution in [-0.4, -0.2) is 29.2 Å². The molecule has 1 aromatic heterocycles. The van der Waals surface area contributed by atoms with Crippen molar-refractivity contribution in [3.05, 3.63) is 69.6 Å². The van der Waals surface area contributed by atoms with Crippen LogP contribution in [0.25, 0.3) is 0 Å². The molecule has 0 fully saturated rings. The number of pyridine rings is 1. The Morgan fingerprint density at radius 3 is 2.24 bits per heavy atom. The number of hydrogen-bond donors (Lipinski definition) is 0. The number of ether oxygens (including phenoxy) is 2. The number of benzene rings is 1. The van der Waals surface area contributed by atoms with Crippen molar-refractivity contribution in [3.63, 3.8) is 0 Å². The Morgan fingerprint density at radius 1 is 1.04 bits per heavy atom. The maximum Gasteiger partial charge on any atom is 0.344 e. The van der Waals surface area contributed by atoms with Crippen LogP contribution in [0.3, 0.4) is 0 Å². The van der Waals surface area contributed by atoms with Crippen LogP contribution in [0.2, 0.25) is 0 Å². The predicted molar refractivity (Wildman–Crippen MR) is 92.8 cm³/mol. The smallest absolute Gasteiger partial charge is 0.344 e. The summed E-state index contributed by atoms with van der Waals surface area (Å²) in [5.41, 5.74) is 0.142. The summed E-state index contributed by atoms with van der Waals surface area (Å²) in [5, 5.41) is 0. The maximum absolute atomic E-state index is 12.5. The van der Waals surface area contributed by atoms with E-state index >= 15 is 0 Å². The van der Waals surface area contributed by atoms with Crippen LogP contribution in [0.4, 0.5) is 0 Å². The molecule has 1 heterocycles. The second kappa shape index (κ2) is 7.34. The highest BCUT2D eigenvalue weighted by atomic mass is 16.6. The van der Waals surface area contributed by atoms with Crippen molar-refractivity contribution in [2.75, 3.05) is 7.11 Å². The molecule has 0 saturated heterocycles. The maximum atomic E-state index is 12.5. The number of hydrogen-bond acceptors (Lipinski definition) is 5. The molecular weight excluding hydrogens is 322 g/mol. The Labute approximate surface area is 146 Å². The van der Waals surface area contributed by atoms with Gasteiger partial charge in [0.05, 0.1) is 19.2 Å². The lowest BCUT2D eigenvalue weighted by Crippen LogP contribution is -2.31. The fourth-order valence-electron chi connectivity index (χ4n) is 2.21. The molecule has 0 aliphatic carbocycles. The lowest BCUT2D eigenvalue weighted by Gasteiger charge is -2.19. The minimum atomic E-state index is -0.673. The van der Waals surface area contributed by atoms with E-state index in [1.165, 1.54) is 17.7 Å². The number of esters is 2. The highest BCUT2D eigenvalue weighted by Crippen LogP contribution is 2.11. The standard InChI is InChI=1S/C19H21NO5/c1-19(2,3)25-18(23)15-6-5-11-20(16(15)21)12-13-7-9-14(10-8-13)17(22)24-4/h5-11H,12H2,1-4H3. The molecule has 6 heteroatoms. The molecule has 2 aromatic rings.